The first-order valence-electron chi connectivity index (χ1n) is 13.4. The van der Waals surface area contributed by atoms with Gasteiger partial charge in [0.15, 0.2) is 5.79 Å². The van der Waals surface area contributed by atoms with E-state index in [9.17, 15) is 10.2 Å². The Hall–Kier alpha value is -0.160. The lowest BCUT2D eigenvalue weighted by molar-refractivity contribution is -0.273. The molecule has 6 fully saturated rings. The van der Waals surface area contributed by atoms with E-state index in [1.54, 1.807) is 0 Å². The van der Waals surface area contributed by atoms with Gasteiger partial charge in [-0.1, -0.05) is 27.7 Å². The molecule has 4 saturated carbocycles. The third-order valence-electron chi connectivity index (χ3n) is 11.9. The maximum absolute atomic E-state index is 11.2. The van der Waals surface area contributed by atoms with Gasteiger partial charge < -0.3 is 19.7 Å². The lowest BCUT2D eigenvalue weighted by atomic mass is 9.43. The number of aliphatic hydroxyl groups is 2. The fourth-order valence-electron chi connectivity index (χ4n) is 10.3. The molecule has 6 rings (SSSR count). The minimum atomic E-state index is -0.338. The number of hydrogen-bond donors (Lipinski definition) is 2. The molecule has 0 aromatic rings. The molecule has 2 aliphatic heterocycles. The maximum atomic E-state index is 11.2. The second-order valence-corrected chi connectivity index (χ2v) is 13.2. The van der Waals surface area contributed by atoms with Crippen LogP contribution in [0.4, 0.5) is 0 Å². The second kappa shape index (κ2) is 6.93. The molecule has 0 unspecified atom stereocenters. The van der Waals surface area contributed by atoms with Gasteiger partial charge in [-0.2, -0.15) is 0 Å². The van der Waals surface area contributed by atoms with Gasteiger partial charge in [-0.25, -0.2) is 0 Å². The van der Waals surface area contributed by atoms with Crippen LogP contribution in [-0.2, 0) is 9.47 Å². The van der Waals surface area contributed by atoms with E-state index in [-0.39, 0.29) is 29.3 Å². The van der Waals surface area contributed by atoms with Gasteiger partial charge >= 0.3 is 0 Å². The summed E-state index contributed by atoms with van der Waals surface area (Å²) in [5.74, 6) is 3.58. The summed E-state index contributed by atoms with van der Waals surface area (Å²) in [5, 5.41) is 21.5. The van der Waals surface area contributed by atoms with E-state index in [0.717, 1.165) is 45.1 Å². The van der Waals surface area contributed by atoms with Crippen molar-refractivity contribution in [3.8, 4) is 0 Å². The molecule has 0 radical (unpaired) electrons. The maximum Gasteiger partial charge on any atom is 0.171 e. The minimum Gasteiger partial charge on any atom is -0.393 e. The number of rotatable bonds is 0. The normalized spacial score (nSPS) is 63.3. The zero-order chi connectivity index (χ0) is 21.8. The smallest absolute Gasteiger partial charge is 0.171 e. The zero-order valence-corrected chi connectivity index (χ0v) is 20.1. The van der Waals surface area contributed by atoms with E-state index in [1.807, 2.05) is 0 Å². The SMILES string of the molecule is C[C@@H]1CC[C@@]2(OC1)O[C@H]1C[C@@H]3[C@@H]4C[C@@H](O)[C@H]5C[C@@H](O)CC[C@]5(C)[C@@H]4CC[C@]3(C)[C@H]1[C@@H]2C. The highest BCUT2D eigenvalue weighted by Gasteiger charge is 2.69. The Balaban J connectivity index is 1.28. The molecule has 2 N–H and O–H groups in total. The fraction of sp³-hybridized carbons (Fsp3) is 1.00. The first-order valence-corrected chi connectivity index (χ1v) is 13.4. The highest BCUT2D eigenvalue weighted by Crippen LogP contribution is 2.71. The van der Waals surface area contributed by atoms with Gasteiger partial charge in [-0.3, -0.25) is 0 Å². The molecule has 31 heavy (non-hydrogen) atoms. The third kappa shape index (κ3) is 2.80. The molecular weight excluding hydrogens is 388 g/mol. The first-order chi connectivity index (χ1) is 14.7. The number of aliphatic hydroxyl groups excluding tert-OH is 2. The Morgan fingerprint density at radius 3 is 2.32 bits per heavy atom. The van der Waals surface area contributed by atoms with Gasteiger partial charge in [-0.15, -0.1) is 0 Å². The average Bonchev–Trinajstić information content (AvgIpc) is 3.17. The lowest BCUT2D eigenvalue weighted by Gasteiger charge is -2.62. The van der Waals surface area contributed by atoms with Crippen LogP contribution in [0.1, 0.15) is 85.5 Å². The topological polar surface area (TPSA) is 58.9 Å². The Bertz CT molecular complexity index is 716. The van der Waals surface area contributed by atoms with Crippen molar-refractivity contribution in [2.24, 2.45) is 52.3 Å². The van der Waals surface area contributed by atoms with Crippen LogP contribution in [0.15, 0.2) is 0 Å². The quantitative estimate of drug-likeness (QED) is 0.579. The summed E-state index contributed by atoms with van der Waals surface area (Å²) >= 11 is 0. The number of fused-ring (bicyclic) bond motifs is 7. The molecule has 13 atom stereocenters. The summed E-state index contributed by atoms with van der Waals surface area (Å²) in [5.41, 5.74) is 0.495. The van der Waals surface area contributed by atoms with E-state index < -0.39 is 0 Å². The van der Waals surface area contributed by atoms with Gasteiger partial charge in [0.25, 0.3) is 0 Å². The molecule has 0 aromatic carbocycles. The molecule has 0 bridgehead atoms. The predicted octanol–water partition coefficient (Wildman–Crippen LogP) is 4.76. The Kier molecular flexibility index (Phi) is 4.78. The molecule has 4 aliphatic carbocycles. The van der Waals surface area contributed by atoms with E-state index in [4.69, 9.17) is 9.47 Å². The Morgan fingerprint density at radius 2 is 1.58 bits per heavy atom. The summed E-state index contributed by atoms with van der Waals surface area (Å²) in [4.78, 5) is 0. The standard InChI is InChI=1S/C27H44O4/c1-15-5-10-27(30-14-15)16(2)24-23(31-27)13-20-18-12-22(29)21-11-17(28)6-8-25(21,3)19(18)7-9-26(20,24)4/h15-24,28-29H,5-14H2,1-4H3/t15-,16+,17+,18-,19-,20-,21-,22-,23+,24+,25-,26+,27-/m1/s1. The van der Waals surface area contributed by atoms with E-state index in [0.29, 0.717) is 47.0 Å². The number of ether oxygens (including phenoxy) is 2. The summed E-state index contributed by atoms with van der Waals surface area (Å²) in [6.07, 6.45) is 9.58. The molecule has 0 aromatic heterocycles. The average molecular weight is 433 g/mol. The van der Waals surface area contributed by atoms with Crippen molar-refractivity contribution in [2.45, 2.75) is 110 Å². The van der Waals surface area contributed by atoms with Crippen LogP contribution in [0.5, 0.6) is 0 Å². The number of hydrogen-bond acceptors (Lipinski definition) is 4. The van der Waals surface area contributed by atoms with Gasteiger partial charge in [0.2, 0.25) is 0 Å². The highest BCUT2D eigenvalue weighted by molar-refractivity contribution is 5.16. The monoisotopic (exact) mass is 432 g/mol. The van der Waals surface area contributed by atoms with Crippen molar-refractivity contribution in [3.05, 3.63) is 0 Å². The lowest BCUT2D eigenvalue weighted by Crippen LogP contribution is -2.58. The molecule has 4 heteroatoms. The van der Waals surface area contributed by atoms with Gasteiger partial charge in [0.1, 0.15) is 0 Å². The summed E-state index contributed by atoms with van der Waals surface area (Å²) < 4.78 is 13.3. The Labute approximate surface area is 188 Å². The van der Waals surface area contributed by atoms with Gasteiger partial charge in [-0.05, 0) is 97.7 Å². The predicted molar refractivity (Wildman–Crippen MR) is 119 cm³/mol. The van der Waals surface area contributed by atoms with Crippen LogP contribution >= 0.6 is 0 Å². The molecule has 0 amide bonds. The van der Waals surface area contributed by atoms with E-state index in [1.165, 1.54) is 19.3 Å². The molecule has 6 aliphatic rings. The van der Waals surface area contributed by atoms with Crippen molar-refractivity contribution < 1.29 is 19.7 Å². The zero-order valence-electron chi connectivity index (χ0n) is 20.1. The summed E-state index contributed by atoms with van der Waals surface area (Å²) in [6, 6.07) is 0. The third-order valence-corrected chi connectivity index (χ3v) is 11.9. The van der Waals surface area contributed by atoms with E-state index in [2.05, 4.69) is 27.7 Å². The van der Waals surface area contributed by atoms with Crippen LogP contribution in [-0.4, -0.2) is 40.9 Å². The van der Waals surface area contributed by atoms with Crippen LogP contribution in [0.3, 0.4) is 0 Å². The van der Waals surface area contributed by atoms with Crippen molar-refractivity contribution in [1.82, 2.24) is 0 Å². The van der Waals surface area contributed by atoms with Gasteiger partial charge in [0, 0.05) is 12.3 Å². The van der Waals surface area contributed by atoms with Crippen molar-refractivity contribution >= 4 is 0 Å². The summed E-state index contributed by atoms with van der Waals surface area (Å²) in [7, 11) is 0. The largest absolute Gasteiger partial charge is 0.393 e. The second-order valence-electron chi connectivity index (χ2n) is 13.2. The van der Waals surface area contributed by atoms with Gasteiger partial charge in [0.05, 0.1) is 24.9 Å². The van der Waals surface area contributed by atoms with Crippen LogP contribution < -0.4 is 0 Å². The Morgan fingerprint density at radius 1 is 0.806 bits per heavy atom. The summed E-state index contributed by atoms with van der Waals surface area (Å²) in [6.45, 7) is 10.6. The molecule has 1 spiro atoms. The molecule has 2 saturated heterocycles. The van der Waals surface area contributed by atoms with Crippen molar-refractivity contribution in [3.63, 3.8) is 0 Å². The van der Waals surface area contributed by atoms with Crippen molar-refractivity contribution in [2.75, 3.05) is 6.61 Å². The molecule has 176 valence electrons. The van der Waals surface area contributed by atoms with Crippen molar-refractivity contribution in [1.29, 1.82) is 0 Å². The molecule has 2 heterocycles. The molecule has 4 nitrogen and oxygen atoms in total. The molecular formula is C27H44O4. The fourth-order valence-corrected chi connectivity index (χ4v) is 10.3. The minimum absolute atomic E-state index is 0.191. The van der Waals surface area contributed by atoms with Crippen LogP contribution in [0.25, 0.3) is 0 Å². The van der Waals surface area contributed by atoms with E-state index >= 15 is 0 Å². The van der Waals surface area contributed by atoms with Crippen LogP contribution in [0, 0.1) is 52.3 Å². The highest BCUT2D eigenvalue weighted by atomic mass is 16.7. The van der Waals surface area contributed by atoms with Crippen LogP contribution in [0.2, 0.25) is 0 Å². The first kappa shape index (κ1) is 21.4.